The Morgan fingerprint density at radius 1 is 1.33 bits per heavy atom. The maximum atomic E-state index is 12.1. The number of benzene rings is 1. The van der Waals surface area contributed by atoms with Gasteiger partial charge in [0.2, 0.25) is 11.1 Å². The van der Waals surface area contributed by atoms with Gasteiger partial charge in [-0.05, 0) is 40.0 Å². The van der Waals surface area contributed by atoms with Gasteiger partial charge < -0.3 is 5.11 Å². The van der Waals surface area contributed by atoms with Crippen LogP contribution in [0.3, 0.4) is 0 Å². The molecule has 0 aliphatic rings. The number of carboxylic acids is 1. The smallest absolute Gasteiger partial charge is 0.360 e. The summed E-state index contributed by atoms with van der Waals surface area (Å²) in [6.07, 6.45) is 1.58. The third kappa shape index (κ3) is 3.24. The van der Waals surface area contributed by atoms with E-state index in [9.17, 15) is 14.7 Å². The Morgan fingerprint density at radius 3 is 2.57 bits per heavy atom. The van der Waals surface area contributed by atoms with Crippen LogP contribution < -0.4 is 5.43 Å². The summed E-state index contributed by atoms with van der Waals surface area (Å²) >= 11 is 6.76. The van der Waals surface area contributed by atoms with E-state index in [1.165, 1.54) is 4.68 Å². The van der Waals surface area contributed by atoms with Gasteiger partial charge in [0.25, 0.3) is 0 Å². The van der Waals surface area contributed by atoms with Gasteiger partial charge in [0.1, 0.15) is 0 Å². The largest absolute Gasteiger partial charge is 0.476 e. The molecule has 0 saturated carbocycles. The molecule has 1 N–H and O–H groups in total. The maximum absolute atomic E-state index is 12.1. The second-order valence-corrected chi connectivity index (χ2v) is 6.53. The van der Waals surface area contributed by atoms with E-state index < -0.39 is 17.1 Å². The zero-order valence-corrected chi connectivity index (χ0v) is 14.5. The molecular weight excluding hydrogens is 404 g/mol. The Hall–Kier alpha value is -1.47. The van der Waals surface area contributed by atoms with Crippen molar-refractivity contribution in [2.75, 3.05) is 0 Å². The summed E-state index contributed by atoms with van der Waals surface area (Å²) in [7, 11) is 0. The standard InChI is InChI=1S/C14H12Br2N2O3/c1-7(2)9-6-18(17-12(13(9)19)14(20)21)11-5-8(15)3-4-10(11)16/h3-7H,1-2H3,(H,20,21). The van der Waals surface area contributed by atoms with Gasteiger partial charge in [0.15, 0.2) is 0 Å². The molecule has 1 heterocycles. The average molecular weight is 416 g/mol. The number of aromatic carboxylic acids is 1. The first-order valence-electron chi connectivity index (χ1n) is 6.14. The quantitative estimate of drug-likeness (QED) is 0.831. The third-order valence-electron chi connectivity index (χ3n) is 2.93. The van der Waals surface area contributed by atoms with Gasteiger partial charge in [-0.1, -0.05) is 29.8 Å². The molecule has 0 amide bonds. The molecule has 0 saturated heterocycles. The number of aromatic nitrogens is 2. The average Bonchev–Trinajstić information content (AvgIpc) is 2.41. The van der Waals surface area contributed by atoms with Gasteiger partial charge in [0, 0.05) is 20.7 Å². The van der Waals surface area contributed by atoms with E-state index >= 15 is 0 Å². The van der Waals surface area contributed by atoms with Gasteiger partial charge in [-0.2, -0.15) is 5.10 Å². The molecule has 0 spiro atoms. The Morgan fingerprint density at radius 2 is 2.00 bits per heavy atom. The Bertz CT molecular complexity index is 769. The van der Waals surface area contributed by atoms with Crippen molar-refractivity contribution < 1.29 is 9.90 Å². The van der Waals surface area contributed by atoms with Gasteiger partial charge in [-0.3, -0.25) is 4.79 Å². The summed E-state index contributed by atoms with van der Waals surface area (Å²) in [6.45, 7) is 3.67. The molecule has 0 fully saturated rings. The van der Waals surface area contributed by atoms with Crippen molar-refractivity contribution in [3.05, 3.63) is 54.8 Å². The molecule has 0 unspecified atom stereocenters. The number of carbonyl (C=O) groups is 1. The van der Waals surface area contributed by atoms with Crippen LogP contribution in [-0.4, -0.2) is 20.9 Å². The highest BCUT2D eigenvalue weighted by Gasteiger charge is 2.18. The molecule has 2 aromatic rings. The first-order chi connectivity index (χ1) is 9.81. The van der Waals surface area contributed by atoms with E-state index in [1.54, 1.807) is 12.3 Å². The Labute approximate surface area is 137 Å². The van der Waals surface area contributed by atoms with Gasteiger partial charge >= 0.3 is 5.97 Å². The van der Waals surface area contributed by atoms with Gasteiger partial charge in [-0.15, -0.1) is 0 Å². The highest BCUT2D eigenvalue weighted by atomic mass is 79.9. The third-order valence-corrected chi connectivity index (χ3v) is 4.09. The number of nitrogens with zero attached hydrogens (tertiary/aromatic N) is 2. The molecule has 5 nitrogen and oxygen atoms in total. The number of hydrogen-bond acceptors (Lipinski definition) is 3. The summed E-state index contributed by atoms with van der Waals surface area (Å²) < 4.78 is 2.98. The number of hydrogen-bond donors (Lipinski definition) is 1. The van der Waals surface area contributed by atoms with E-state index in [0.29, 0.717) is 11.3 Å². The molecule has 0 aliphatic carbocycles. The minimum atomic E-state index is -1.33. The highest BCUT2D eigenvalue weighted by Crippen LogP contribution is 2.25. The summed E-state index contributed by atoms with van der Waals surface area (Å²) in [5.41, 5.74) is 0.0380. The predicted molar refractivity (Wildman–Crippen MR) is 86.3 cm³/mol. The SMILES string of the molecule is CC(C)c1cn(-c2cc(Br)ccc2Br)nc(C(=O)O)c1=O. The van der Waals surface area contributed by atoms with Gasteiger partial charge in [0.05, 0.1) is 5.69 Å². The van der Waals surface area contributed by atoms with Crippen LogP contribution in [-0.2, 0) is 0 Å². The predicted octanol–water partition coefficient (Wildman–Crippen LogP) is 3.58. The van der Waals surface area contributed by atoms with Crippen LogP contribution in [0.25, 0.3) is 5.69 Å². The van der Waals surface area contributed by atoms with Crippen LogP contribution in [0.1, 0.15) is 35.8 Å². The van der Waals surface area contributed by atoms with Crippen molar-refractivity contribution in [2.24, 2.45) is 0 Å². The lowest BCUT2D eigenvalue weighted by molar-refractivity contribution is 0.0686. The monoisotopic (exact) mass is 414 g/mol. The summed E-state index contributed by atoms with van der Waals surface area (Å²) in [6, 6.07) is 5.45. The molecule has 0 atom stereocenters. The fourth-order valence-electron chi connectivity index (χ4n) is 1.85. The molecule has 110 valence electrons. The molecule has 1 aromatic carbocycles. The van der Waals surface area contributed by atoms with Crippen molar-refractivity contribution in [2.45, 2.75) is 19.8 Å². The number of rotatable bonds is 3. The topological polar surface area (TPSA) is 72.2 Å². The summed E-state index contributed by atoms with van der Waals surface area (Å²) in [5.74, 6) is -1.43. The van der Waals surface area contributed by atoms with E-state index in [1.807, 2.05) is 26.0 Å². The van der Waals surface area contributed by atoms with E-state index in [0.717, 1.165) is 8.95 Å². The highest BCUT2D eigenvalue weighted by molar-refractivity contribution is 9.11. The fraction of sp³-hybridized carbons (Fsp3) is 0.214. The second-order valence-electron chi connectivity index (χ2n) is 4.76. The minimum absolute atomic E-state index is 0.101. The zero-order valence-electron chi connectivity index (χ0n) is 11.3. The first-order valence-corrected chi connectivity index (χ1v) is 7.72. The number of halogens is 2. The molecule has 0 bridgehead atoms. The second kappa shape index (κ2) is 6.11. The van der Waals surface area contributed by atoms with Gasteiger partial charge in [-0.25, -0.2) is 9.48 Å². The first kappa shape index (κ1) is 15.9. The van der Waals surface area contributed by atoms with Crippen LogP contribution in [0.15, 0.2) is 38.1 Å². The maximum Gasteiger partial charge on any atom is 0.360 e. The van der Waals surface area contributed by atoms with Crippen LogP contribution in [0.2, 0.25) is 0 Å². The van der Waals surface area contributed by atoms with Crippen molar-refractivity contribution >= 4 is 37.8 Å². The van der Waals surface area contributed by atoms with Crippen LogP contribution in [0.5, 0.6) is 0 Å². The Balaban J connectivity index is 2.78. The van der Waals surface area contributed by atoms with Crippen LogP contribution in [0, 0.1) is 0 Å². The molecule has 21 heavy (non-hydrogen) atoms. The normalized spacial score (nSPS) is 10.9. The summed E-state index contributed by atoms with van der Waals surface area (Å²) in [4.78, 5) is 23.3. The lowest BCUT2D eigenvalue weighted by Gasteiger charge is -2.13. The van der Waals surface area contributed by atoms with Crippen LogP contribution >= 0.6 is 31.9 Å². The molecule has 2 rings (SSSR count). The summed E-state index contributed by atoms with van der Waals surface area (Å²) in [5, 5.41) is 13.1. The number of carboxylic acid groups (broad SMARTS) is 1. The molecule has 7 heteroatoms. The fourth-order valence-corrected chi connectivity index (χ4v) is 2.62. The van der Waals surface area contributed by atoms with Crippen molar-refractivity contribution in [1.29, 1.82) is 0 Å². The molecular formula is C14H12Br2N2O3. The van der Waals surface area contributed by atoms with Crippen molar-refractivity contribution in [1.82, 2.24) is 9.78 Å². The van der Waals surface area contributed by atoms with E-state index in [2.05, 4.69) is 37.0 Å². The minimum Gasteiger partial charge on any atom is -0.476 e. The molecule has 0 aliphatic heterocycles. The lowest BCUT2D eigenvalue weighted by atomic mass is 10.0. The van der Waals surface area contributed by atoms with Crippen molar-refractivity contribution in [3.63, 3.8) is 0 Å². The zero-order chi connectivity index (χ0) is 15.7. The Kier molecular flexibility index (Phi) is 4.63. The van der Waals surface area contributed by atoms with Crippen molar-refractivity contribution in [3.8, 4) is 5.69 Å². The van der Waals surface area contributed by atoms with E-state index in [4.69, 9.17) is 0 Å². The van der Waals surface area contributed by atoms with E-state index in [-0.39, 0.29) is 5.92 Å². The molecule has 1 aromatic heterocycles. The lowest BCUT2D eigenvalue weighted by Crippen LogP contribution is -2.25. The van der Waals surface area contributed by atoms with Crippen LogP contribution in [0.4, 0.5) is 0 Å². The molecule has 0 radical (unpaired) electrons.